The van der Waals surface area contributed by atoms with Gasteiger partial charge in [0.1, 0.15) is 4.90 Å². The van der Waals surface area contributed by atoms with E-state index < -0.39 is 20.7 Å². The molecule has 0 bridgehead atoms. The largest absolute Gasteiger partial charge is 0.487 e. The van der Waals surface area contributed by atoms with Gasteiger partial charge in [0.15, 0.2) is 11.6 Å². The molecular formula is C21H22Cl2FN3O3S. The molecule has 0 radical (unpaired) electrons. The first-order valence-electron chi connectivity index (χ1n) is 9.79. The molecule has 6 nitrogen and oxygen atoms in total. The van der Waals surface area contributed by atoms with E-state index in [1.54, 1.807) is 0 Å². The van der Waals surface area contributed by atoms with E-state index in [1.807, 2.05) is 6.92 Å². The monoisotopic (exact) mass is 485 g/mol. The zero-order chi connectivity index (χ0) is 22.4. The molecule has 0 saturated heterocycles. The number of rotatable bonds is 5. The lowest BCUT2D eigenvalue weighted by molar-refractivity contribution is 0.119. The second-order valence-corrected chi connectivity index (χ2v) is 10.6. The summed E-state index contributed by atoms with van der Waals surface area (Å²) in [5.41, 5.74) is 6.48. The first-order valence-corrected chi connectivity index (χ1v) is 12.0. The highest BCUT2D eigenvalue weighted by Crippen LogP contribution is 2.36. The number of hydrogen-bond donors (Lipinski definition) is 3. The van der Waals surface area contributed by atoms with E-state index in [2.05, 4.69) is 9.71 Å². The van der Waals surface area contributed by atoms with Crippen LogP contribution in [0.1, 0.15) is 32.6 Å². The van der Waals surface area contributed by atoms with Crippen molar-refractivity contribution in [3.05, 3.63) is 52.4 Å². The molecule has 10 heteroatoms. The molecule has 1 saturated carbocycles. The summed E-state index contributed by atoms with van der Waals surface area (Å²) in [7, 11) is -4.25. The fraction of sp³-hybridized carbons (Fsp3) is 0.333. The number of nitrogens with two attached hydrogens (primary N) is 1. The zero-order valence-electron chi connectivity index (χ0n) is 16.7. The van der Waals surface area contributed by atoms with E-state index in [4.69, 9.17) is 33.7 Å². The van der Waals surface area contributed by atoms with Crippen molar-refractivity contribution in [2.45, 2.75) is 49.1 Å². The molecule has 4 N–H and O–H groups in total. The number of sulfonamides is 1. The molecule has 0 unspecified atom stereocenters. The predicted octanol–water partition coefficient (Wildman–Crippen LogP) is 5.45. The summed E-state index contributed by atoms with van der Waals surface area (Å²) in [6.07, 6.45) is 4.15. The van der Waals surface area contributed by atoms with Crippen molar-refractivity contribution in [2.75, 3.05) is 4.72 Å². The molecular weight excluding hydrogens is 464 g/mol. The Morgan fingerprint density at radius 3 is 2.61 bits per heavy atom. The van der Waals surface area contributed by atoms with Gasteiger partial charge in [-0.3, -0.25) is 4.72 Å². The Labute approximate surface area is 189 Å². The van der Waals surface area contributed by atoms with Crippen LogP contribution in [0.15, 0.2) is 41.4 Å². The number of H-pyrrole nitrogens is 1. The van der Waals surface area contributed by atoms with Crippen LogP contribution in [0.25, 0.3) is 10.9 Å². The maximum absolute atomic E-state index is 15.1. The van der Waals surface area contributed by atoms with Crippen LogP contribution in [0.2, 0.25) is 10.0 Å². The van der Waals surface area contributed by atoms with Crippen molar-refractivity contribution in [2.24, 2.45) is 5.73 Å². The van der Waals surface area contributed by atoms with Gasteiger partial charge in [0.05, 0.1) is 27.4 Å². The topological polar surface area (TPSA) is 97.2 Å². The van der Waals surface area contributed by atoms with E-state index >= 15 is 4.39 Å². The highest BCUT2D eigenvalue weighted by atomic mass is 35.5. The van der Waals surface area contributed by atoms with Gasteiger partial charge in [-0.15, -0.1) is 0 Å². The fourth-order valence-corrected chi connectivity index (χ4v) is 5.51. The molecule has 1 aliphatic rings. The summed E-state index contributed by atoms with van der Waals surface area (Å²) in [5, 5.41) is 1.20. The van der Waals surface area contributed by atoms with Crippen molar-refractivity contribution >= 4 is 49.8 Å². The summed E-state index contributed by atoms with van der Waals surface area (Å²) < 4.78 is 49.3. The smallest absolute Gasteiger partial charge is 0.265 e. The van der Waals surface area contributed by atoms with Crippen molar-refractivity contribution in [3.63, 3.8) is 0 Å². The van der Waals surface area contributed by atoms with E-state index in [9.17, 15) is 8.42 Å². The molecule has 1 aliphatic carbocycles. The molecule has 4 rings (SSSR count). The van der Waals surface area contributed by atoms with Gasteiger partial charge in [0.25, 0.3) is 10.0 Å². The Morgan fingerprint density at radius 1 is 1.19 bits per heavy atom. The first kappa shape index (κ1) is 22.2. The summed E-state index contributed by atoms with van der Waals surface area (Å²) in [6.45, 7) is 1.98. The standard InChI is InChI=1S/C21H22Cl2FN3O3S/c1-21(25)9-7-12(8-10-21)30-16-3-2-4-17(19(16)24)31(28,29)27-15-6-5-13(22)18-14(23)11-26-20(15)18/h2-6,11-12,26-27H,7-10,25H2,1H3. The highest BCUT2D eigenvalue weighted by Gasteiger charge is 2.30. The second kappa shape index (κ2) is 8.16. The number of hydrogen-bond acceptors (Lipinski definition) is 4. The number of halogens is 3. The van der Waals surface area contributed by atoms with Crippen molar-refractivity contribution in [3.8, 4) is 5.75 Å². The molecule has 166 valence electrons. The summed E-state index contributed by atoms with van der Waals surface area (Å²) >= 11 is 12.3. The van der Waals surface area contributed by atoms with Gasteiger partial charge in [0, 0.05) is 17.1 Å². The molecule has 1 heterocycles. The fourth-order valence-electron chi connectivity index (χ4n) is 3.79. The van der Waals surface area contributed by atoms with E-state index in [-0.39, 0.29) is 23.1 Å². The average Bonchev–Trinajstić information content (AvgIpc) is 3.10. The van der Waals surface area contributed by atoms with Gasteiger partial charge in [0.2, 0.25) is 0 Å². The van der Waals surface area contributed by atoms with Gasteiger partial charge in [-0.1, -0.05) is 29.3 Å². The van der Waals surface area contributed by atoms with Crippen LogP contribution >= 0.6 is 23.2 Å². The highest BCUT2D eigenvalue weighted by molar-refractivity contribution is 7.92. The summed E-state index contributed by atoms with van der Waals surface area (Å²) in [6, 6.07) is 7.07. The first-order chi connectivity index (χ1) is 14.6. The van der Waals surface area contributed by atoms with Crippen LogP contribution in [0.3, 0.4) is 0 Å². The molecule has 31 heavy (non-hydrogen) atoms. The van der Waals surface area contributed by atoms with Crippen molar-refractivity contribution in [1.29, 1.82) is 0 Å². The second-order valence-electron chi connectivity index (χ2n) is 8.13. The minimum atomic E-state index is -4.25. The maximum Gasteiger partial charge on any atom is 0.265 e. The average molecular weight is 486 g/mol. The van der Waals surface area contributed by atoms with Crippen molar-refractivity contribution in [1.82, 2.24) is 4.98 Å². The SMILES string of the molecule is CC1(N)CCC(Oc2cccc(S(=O)(=O)Nc3ccc(Cl)c4c(Cl)c[nH]c34)c2F)CC1. The molecule has 3 aromatic rings. The van der Waals surface area contributed by atoms with Gasteiger partial charge >= 0.3 is 0 Å². The Bertz CT molecular complexity index is 1230. The molecule has 0 spiro atoms. The Kier molecular flexibility index (Phi) is 5.85. The van der Waals surface area contributed by atoms with Crippen LogP contribution in [-0.2, 0) is 10.0 Å². The number of benzene rings is 2. The Morgan fingerprint density at radius 2 is 1.90 bits per heavy atom. The van der Waals surface area contributed by atoms with Gasteiger partial charge in [-0.25, -0.2) is 12.8 Å². The lowest BCUT2D eigenvalue weighted by Gasteiger charge is -2.34. The predicted molar refractivity (Wildman–Crippen MR) is 121 cm³/mol. The maximum atomic E-state index is 15.1. The van der Waals surface area contributed by atoms with Gasteiger partial charge in [-0.05, 0) is 56.9 Å². The number of fused-ring (bicyclic) bond motifs is 1. The van der Waals surface area contributed by atoms with Crippen molar-refractivity contribution < 1.29 is 17.5 Å². The molecule has 1 aromatic heterocycles. The third-order valence-corrected chi connectivity index (χ3v) is 7.56. The van der Waals surface area contributed by atoms with E-state index in [0.717, 1.165) is 12.8 Å². The lowest BCUT2D eigenvalue weighted by atomic mass is 9.83. The molecule has 0 amide bonds. The molecule has 0 aliphatic heterocycles. The van der Waals surface area contributed by atoms with Crippen LogP contribution in [0.5, 0.6) is 5.75 Å². The number of ether oxygens (including phenoxy) is 1. The summed E-state index contributed by atoms with van der Waals surface area (Å²) in [5.74, 6) is -1.04. The third kappa shape index (κ3) is 4.48. The number of anilines is 1. The van der Waals surface area contributed by atoms with E-state index in [1.165, 1.54) is 36.5 Å². The van der Waals surface area contributed by atoms with Gasteiger partial charge < -0.3 is 15.5 Å². The van der Waals surface area contributed by atoms with Crippen LogP contribution in [0, 0.1) is 5.82 Å². The van der Waals surface area contributed by atoms with Crippen LogP contribution in [-0.4, -0.2) is 25.0 Å². The zero-order valence-corrected chi connectivity index (χ0v) is 19.0. The van der Waals surface area contributed by atoms with Crippen LogP contribution in [0.4, 0.5) is 10.1 Å². The quantitative estimate of drug-likeness (QED) is 0.447. The Balaban J connectivity index is 1.61. The number of aromatic amines is 1. The third-order valence-electron chi connectivity index (χ3n) is 5.57. The normalized spacial score (nSPS) is 21.9. The lowest BCUT2D eigenvalue weighted by Crippen LogP contribution is -2.42. The molecule has 1 fully saturated rings. The number of nitrogens with one attached hydrogen (secondary N) is 2. The summed E-state index contributed by atoms with van der Waals surface area (Å²) in [4.78, 5) is 2.38. The molecule has 0 atom stereocenters. The minimum absolute atomic E-state index is 0.0994. The Hall–Kier alpha value is -2.00. The molecule has 2 aromatic carbocycles. The van der Waals surface area contributed by atoms with Crippen LogP contribution < -0.4 is 15.2 Å². The van der Waals surface area contributed by atoms with E-state index in [0.29, 0.717) is 33.8 Å². The number of aromatic nitrogens is 1. The van der Waals surface area contributed by atoms with Gasteiger partial charge in [-0.2, -0.15) is 0 Å². The minimum Gasteiger partial charge on any atom is -0.487 e.